The highest BCUT2D eigenvalue weighted by atomic mass is 32.1. The Morgan fingerprint density at radius 1 is 1.44 bits per heavy atom. The van der Waals surface area contributed by atoms with Crippen LogP contribution in [0.3, 0.4) is 0 Å². The van der Waals surface area contributed by atoms with Crippen LogP contribution in [-0.2, 0) is 0 Å². The van der Waals surface area contributed by atoms with Crippen molar-refractivity contribution in [2.24, 2.45) is 5.73 Å². The van der Waals surface area contributed by atoms with Crippen molar-refractivity contribution in [1.29, 1.82) is 0 Å². The number of thiophene rings is 1. The van der Waals surface area contributed by atoms with E-state index in [9.17, 15) is 4.39 Å². The first-order valence-electron chi connectivity index (χ1n) is 5.57. The van der Waals surface area contributed by atoms with Gasteiger partial charge in [-0.3, -0.25) is 0 Å². The number of halogens is 1. The fourth-order valence-corrected chi connectivity index (χ4v) is 2.42. The van der Waals surface area contributed by atoms with E-state index >= 15 is 0 Å². The van der Waals surface area contributed by atoms with Crippen LogP contribution in [0.4, 0.5) is 10.1 Å². The summed E-state index contributed by atoms with van der Waals surface area (Å²) >= 11 is 1.62. The van der Waals surface area contributed by atoms with Gasteiger partial charge in [0.05, 0.1) is 13.2 Å². The maximum atomic E-state index is 13.3. The molecule has 0 fully saturated rings. The molecule has 96 valence electrons. The number of methoxy groups -OCH3 is 1. The summed E-state index contributed by atoms with van der Waals surface area (Å²) in [5.41, 5.74) is 7.67. The number of rotatable bonds is 5. The third-order valence-electron chi connectivity index (χ3n) is 2.67. The number of ether oxygens (including phenoxy) is 1. The molecule has 3 nitrogen and oxygen atoms in total. The highest BCUT2D eigenvalue weighted by Gasteiger charge is 2.11. The van der Waals surface area contributed by atoms with Crippen LogP contribution in [0.5, 0.6) is 5.75 Å². The summed E-state index contributed by atoms with van der Waals surface area (Å²) in [6.45, 7) is 0.469. The molecule has 1 heterocycles. The number of nitrogens with two attached hydrogens (primary N) is 1. The average molecular weight is 266 g/mol. The van der Waals surface area contributed by atoms with Gasteiger partial charge in [-0.1, -0.05) is 0 Å². The molecule has 5 heteroatoms. The number of hydrogen-bond donors (Lipinski definition) is 2. The normalized spacial score (nSPS) is 12.2. The van der Waals surface area contributed by atoms with Crippen LogP contribution in [0.25, 0.3) is 0 Å². The molecular weight excluding hydrogens is 251 g/mol. The fraction of sp³-hybridized carbons (Fsp3) is 0.231. The number of hydrogen-bond acceptors (Lipinski definition) is 4. The molecular formula is C13H15FN2OS. The van der Waals surface area contributed by atoms with Gasteiger partial charge in [0.2, 0.25) is 0 Å². The predicted octanol–water partition coefficient (Wildman–Crippen LogP) is 3.01. The summed E-state index contributed by atoms with van der Waals surface area (Å²) in [6.07, 6.45) is 0. The van der Waals surface area contributed by atoms with Gasteiger partial charge in [-0.15, -0.1) is 0 Å². The molecule has 1 unspecified atom stereocenters. The Balaban J connectivity index is 2.17. The SMILES string of the molecule is COc1cc(NC(CN)c2ccsc2)ccc1F. The predicted molar refractivity (Wildman–Crippen MR) is 72.7 cm³/mol. The van der Waals surface area contributed by atoms with Crippen molar-refractivity contribution in [3.63, 3.8) is 0 Å². The van der Waals surface area contributed by atoms with E-state index in [1.807, 2.05) is 16.8 Å². The van der Waals surface area contributed by atoms with Crippen LogP contribution in [0, 0.1) is 5.82 Å². The Morgan fingerprint density at radius 3 is 2.89 bits per heavy atom. The van der Waals surface area contributed by atoms with Crippen molar-refractivity contribution in [3.05, 3.63) is 46.4 Å². The van der Waals surface area contributed by atoms with Crippen molar-refractivity contribution < 1.29 is 9.13 Å². The van der Waals surface area contributed by atoms with E-state index < -0.39 is 0 Å². The van der Waals surface area contributed by atoms with Gasteiger partial charge in [0, 0.05) is 18.3 Å². The first kappa shape index (κ1) is 12.9. The zero-order valence-corrected chi connectivity index (χ0v) is 10.8. The summed E-state index contributed by atoms with van der Waals surface area (Å²) in [5.74, 6) is -0.149. The van der Waals surface area contributed by atoms with Crippen molar-refractivity contribution in [2.45, 2.75) is 6.04 Å². The van der Waals surface area contributed by atoms with Crippen molar-refractivity contribution in [3.8, 4) is 5.75 Å². The van der Waals surface area contributed by atoms with Gasteiger partial charge in [-0.2, -0.15) is 11.3 Å². The van der Waals surface area contributed by atoms with Gasteiger partial charge in [0.15, 0.2) is 11.6 Å². The summed E-state index contributed by atoms with van der Waals surface area (Å²) in [7, 11) is 1.45. The second-order valence-corrected chi connectivity index (χ2v) is 4.62. The van der Waals surface area contributed by atoms with Crippen LogP contribution in [0.1, 0.15) is 11.6 Å². The summed E-state index contributed by atoms with van der Waals surface area (Å²) in [4.78, 5) is 0. The van der Waals surface area contributed by atoms with E-state index in [1.165, 1.54) is 13.2 Å². The second-order valence-electron chi connectivity index (χ2n) is 3.84. The highest BCUT2D eigenvalue weighted by molar-refractivity contribution is 7.08. The van der Waals surface area contributed by atoms with E-state index in [1.54, 1.807) is 23.5 Å². The molecule has 1 aromatic carbocycles. The molecule has 0 saturated carbocycles. The zero-order chi connectivity index (χ0) is 13.0. The van der Waals surface area contributed by atoms with E-state index in [0.29, 0.717) is 6.54 Å². The molecule has 0 spiro atoms. The molecule has 1 atom stereocenters. The van der Waals surface area contributed by atoms with Crippen LogP contribution >= 0.6 is 11.3 Å². The Bertz CT molecular complexity index is 502. The molecule has 2 rings (SSSR count). The van der Waals surface area contributed by atoms with E-state index in [0.717, 1.165) is 11.3 Å². The molecule has 18 heavy (non-hydrogen) atoms. The average Bonchev–Trinajstić information content (AvgIpc) is 2.91. The Morgan fingerprint density at radius 2 is 2.28 bits per heavy atom. The zero-order valence-electron chi connectivity index (χ0n) is 10.0. The summed E-state index contributed by atoms with van der Waals surface area (Å²) in [6, 6.07) is 6.72. The Hall–Kier alpha value is -1.59. The van der Waals surface area contributed by atoms with Crippen molar-refractivity contribution in [1.82, 2.24) is 0 Å². The number of anilines is 1. The summed E-state index contributed by atoms with van der Waals surface area (Å²) < 4.78 is 18.2. The first-order valence-corrected chi connectivity index (χ1v) is 6.51. The lowest BCUT2D eigenvalue weighted by Gasteiger charge is -2.17. The van der Waals surface area contributed by atoms with Gasteiger partial charge in [0.25, 0.3) is 0 Å². The molecule has 3 N–H and O–H groups in total. The molecule has 0 amide bonds. The third kappa shape index (κ3) is 2.80. The minimum absolute atomic E-state index is 0.0198. The van der Waals surface area contributed by atoms with Crippen LogP contribution in [-0.4, -0.2) is 13.7 Å². The molecule has 0 radical (unpaired) electrons. The molecule has 2 aromatic rings. The van der Waals surface area contributed by atoms with Crippen molar-refractivity contribution >= 4 is 17.0 Å². The highest BCUT2D eigenvalue weighted by Crippen LogP contribution is 2.25. The Kier molecular flexibility index (Phi) is 4.17. The van der Waals surface area contributed by atoms with Crippen LogP contribution < -0.4 is 15.8 Å². The molecule has 0 bridgehead atoms. The third-order valence-corrected chi connectivity index (χ3v) is 3.37. The smallest absolute Gasteiger partial charge is 0.165 e. The summed E-state index contributed by atoms with van der Waals surface area (Å²) in [5, 5.41) is 7.32. The molecule has 1 aromatic heterocycles. The van der Waals surface area contributed by atoms with E-state index in [-0.39, 0.29) is 17.6 Å². The van der Waals surface area contributed by atoms with Gasteiger partial charge in [-0.25, -0.2) is 4.39 Å². The topological polar surface area (TPSA) is 47.3 Å². The second kappa shape index (κ2) is 5.84. The fourth-order valence-electron chi connectivity index (χ4n) is 1.70. The van der Waals surface area contributed by atoms with Gasteiger partial charge in [-0.05, 0) is 34.5 Å². The van der Waals surface area contributed by atoms with E-state index in [2.05, 4.69) is 5.32 Å². The lowest BCUT2D eigenvalue weighted by atomic mass is 10.1. The van der Waals surface area contributed by atoms with Gasteiger partial charge >= 0.3 is 0 Å². The monoisotopic (exact) mass is 266 g/mol. The molecule has 0 aliphatic carbocycles. The molecule has 0 saturated heterocycles. The minimum Gasteiger partial charge on any atom is -0.494 e. The van der Waals surface area contributed by atoms with Gasteiger partial charge in [0.1, 0.15) is 0 Å². The minimum atomic E-state index is -0.372. The lowest BCUT2D eigenvalue weighted by molar-refractivity contribution is 0.386. The number of benzene rings is 1. The maximum absolute atomic E-state index is 13.3. The largest absolute Gasteiger partial charge is 0.494 e. The first-order chi connectivity index (χ1) is 8.74. The number of nitrogens with one attached hydrogen (secondary N) is 1. The van der Waals surface area contributed by atoms with Crippen molar-refractivity contribution in [2.75, 3.05) is 19.0 Å². The van der Waals surface area contributed by atoms with E-state index in [4.69, 9.17) is 10.5 Å². The van der Waals surface area contributed by atoms with Crippen LogP contribution in [0.2, 0.25) is 0 Å². The quantitative estimate of drug-likeness (QED) is 0.874. The van der Waals surface area contributed by atoms with Crippen LogP contribution in [0.15, 0.2) is 35.0 Å². The maximum Gasteiger partial charge on any atom is 0.165 e. The lowest BCUT2D eigenvalue weighted by Crippen LogP contribution is -2.20. The Labute approximate surface area is 109 Å². The van der Waals surface area contributed by atoms with Gasteiger partial charge < -0.3 is 15.8 Å². The standard InChI is InChI=1S/C13H15FN2OS/c1-17-13-6-10(2-3-11(13)14)16-12(7-15)9-4-5-18-8-9/h2-6,8,12,16H,7,15H2,1H3. The molecule has 0 aliphatic heterocycles. The molecule has 0 aliphatic rings.